The Morgan fingerprint density at radius 1 is 1.17 bits per heavy atom. The van der Waals surface area contributed by atoms with Crippen LogP contribution < -0.4 is 10.2 Å². The highest BCUT2D eigenvalue weighted by molar-refractivity contribution is 6.06. The lowest BCUT2D eigenvalue weighted by Crippen LogP contribution is -2.44. The van der Waals surface area contributed by atoms with Gasteiger partial charge >= 0.3 is 0 Å². The van der Waals surface area contributed by atoms with Gasteiger partial charge in [-0.2, -0.15) is 0 Å². The largest absolute Gasteiger partial charge is 0.383 e. The molecule has 0 aromatic heterocycles. The zero-order valence-corrected chi connectivity index (χ0v) is 13.7. The third-order valence-electron chi connectivity index (χ3n) is 4.38. The number of benzene rings is 2. The molecule has 2 N–H and O–H groups in total. The van der Waals surface area contributed by atoms with E-state index in [4.69, 9.17) is 0 Å². The van der Waals surface area contributed by atoms with Crippen molar-refractivity contribution in [1.82, 2.24) is 5.32 Å². The van der Waals surface area contributed by atoms with Crippen molar-refractivity contribution in [1.29, 1.82) is 0 Å². The first kappa shape index (κ1) is 16.2. The molecule has 0 radical (unpaired) electrons. The molecule has 0 spiro atoms. The topological polar surface area (TPSA) is 69.6 Å². The Labute approximate surface area is 140 Å². The van der Waals surface area contributed by atoms with E-state index in [9.17, 15) is 14.7 Å². The molecule has 0 bridgehead atoms. The second kappa shape index (κ2) is 6.45. The first-order valence-corrected chi connectivity index (χ1v) is 7.99. The lowest BCUT2D eigenvalue weighted by Gasteiger charge is -2.23. The van der Waals surface area contributed by atoms with Gasteiger partial charge in [0.25, 0.3) is 5.91 Å². The third-order valence-corrected chi connectivity index (χ3v) is 4.38. The van der Waals surface area contributed by atoms with Crippen molar-refractivity contribution >= 4 is 17.5 Å². The van der Waals surface area contributed by atoms with Crippen LogP contribution in [-0.4, -0.2) is 30.1 Å². The van der Waals surface area contributed by atoms with Gasteiger partial charge in [0, 0.05) is 12.6 Å². The van der Waals surface area contributed by atoms with Gasteiger partial charge in [0.2, 0.25) is 5.91 Å². The summed E-state index contributed by atoms with van der Waals surface area (Å²) in [5.74, 6) is -0.769. The monoisotopic (exact) mass is 324 g/mol. The Bertz CT molecular complexity index is 788. The number of likely N-dealkylation sites (N-methyl/N-ethyl adjacent to an activating group) is 1. The van der Waals surface area contributed by atoms with E-state index in [2.05, 4.69) is 5.32 Å². The summed E-state index contributed by atoms with van der Waals surface area (Å²) in [5.41, 5.74) is 3.37. The highest BCUT2D eigenvalue weighted by Gasteiger charge is 2.33. The maximum Gasteiger partial charge on any atom is 0.253 e. The van der Waals surface area contributed by atoms with Crippen LogP contribution in [0.4, 0.5) is 5.69 Å². The summed E-state index contributed by atoms with van der Waals surface area (Å²) in [4.78, 5) is 26.7. The molecule has 1 aliphatic rings. The highest BCUT2D eigenvalue weighted by Crippen LogP contribution is 2.39. The number of aliphatic hydroxyl groups excluding tert-OH is 1. The van der Waals surface area contributed by atoms with Crippen LogP contribution in [0.3, 0.4) is 0 Å². The van der Waals surface area contributed by atoms with Crippen LogP contribution in [0, 0.1) is 0 Å². The quantitative estimate of drug-likeness (QED) is 0.910. The summed E-state index contributed by atoms with van der Waals surface area (Å²) in [5, 5.41) is 12.5. The Kier molecular flexibility index (Phi) is 4.36. The zero-order chi connectivity index (χ0) is 17.3. The molecular weight excluding hydrogens is 304 g/mol. The molecule has 2 aromatic carbocycles. The molecule has 1 heterocycles. The van der Waals surface area contributed by atoms with Gasteiger partial charge < -0.3 is 15.3 Å². The number of carbonyl (C=O) groups is 2. The normalized spacial score (nSPS) is 17.5. The molecule has 0 saturated heterocycles. The summed E-state index contributed by atoms with van der Waals surface area (Å²) in [7, 11) is 1.70. The number of amides is 2. The third kappa shape index (κ3) is 2.67. The van der Waals surface area contributed by atoms with Gasteiger partial charge in [-0.05, 0) is 23.6 Å². The minimum atomic E-state index is -1.12. The van der Waals surface area contributed by atoms with E-state index in [0.717, 1.165) is 22.4 Å². The molecule has 2 aromatic rings. The fourth-order valence-corrected chi connectivity index (χ4v) is 3.00. The maximum atomic E-state index is 12.9. The Morgan fingerprint density at radius 2 is 1.79 bits per heavy atom. The molecule has 1 aliphatic heterocycles. The van der Waals surface area contributed by atoms with Gasteiger partial charge in [-0.25, -0.2) is 0 Å². The number of fused-ring (bicyclic) bond motifs is 3. The Balaban J connectivity index is 2.12. The standard InChI is InChI=1S/C19H20N2O3/c1-3-16(22)18(23)20-17-14-10-5-4-8-12(14)13-9-6-7-11-15(13)21(2)19(17)24/h4-11,16-17,22H,3H2,1-2H3,(H,20,23). The number of anilines is 1. The van der Waals surface area contributed by atoms with Crippen molar-refractivity contribution in [3.05, 3.63) is 54.1 Å². The van der Waals surface area contributed by atoms with Crippen LogP contribution in [0.15, 0.2) is 48.5 Å². The fourth-order valence-electron chi connectivity index (χ4n) is 3.00. The van der Waals surface area contributed by atoms with Gasteiger partial charge in [-0.15, -0.1) is 0 Å². The van der Waals surface area contributed by atoms with Crippen LogP contribution in [0.1, 0.15) is 24.9 Å². The molecule has 0 fully saturated rings. The van der Waals surface area contributed by atoms with Crippen LogP contribution in [0.25, 0.3) is 11.1 Å². The molecule has 2 atom stereocenters. The SMILES string of the molecule is CCC(O)C(=O)NC1C(=O)N(C)c2ccccc2-c2ccccc21. The average Bonchev–Trinajstić information content (AvgIpc) is 2.71. The smallest absolute Gasteiger partial charge is 0.253 e. The van der Waals surface area contributed by atoms with E-state index in [1.54, 1.807) is 18.9 Å². The summed E-state index contributed by atoms with van der Waals surface area (Å²) < 4.78 is 0. The minimum absolute atomic E-state index is 0.232. The van der Waals surface area contributed by atoms with Gasteiger partial charge in [0.1, 0.15) is 12.1 Å². The number of hydrogen-bond donors (Lipinski definition) is 2. The van der Waals surface area contributed by atoms with Gasteiger partial charge in [0.05, 0.1) is 5.69 Å². The number of carbonyl (C=O) groups excluding carboxylic acids is 2. The van der Waals surface area contributed by atoms with E-state index < -0.39 is 18.1 Å². The van der Waals surface area contributed by atoms with Crippen molar-refractivity contribution in [2.75, 3.05) is 11.9 Å². The van der Waals surface area contributed by atoms with E-state index in [-0.39, 0.29) is 5.91 Å². The first-order valence-electron chi connectivity index (χ1n) is 7.99. The molecule has 124 valence electrons. The zero-order valence-electron chi connectivity index (χ0n) is 13.7. The molecule has 5 heteroatoms. The summed E-state index contributed by atoms with van der Waals surface area (Å²) in [6.45, 7) is 1.72. The maximum absolute atomic E-state index is 12.9. The summed E-state index contributed by atoms with van der Waals surface area (Å²) in [6, 6.07) is 14.4. The Hall–Kier alpha value is -2.66. The van der Waals surface area contributed by atoms with Crippen LogP contribution in [0.5, 0.6) is 0 Å². The second-order valence-corrected chi connectivity index (χ2v) is 5.87. The molecule has 3 rings (SSSR count). The van der Waals surface area contributed by atoms with Crippen molar-refractivity contribution in [3.63, 3.8) is 0 Å². The second-order valence-electron chi connectivity index (χ2n) is 5.87. The number of nitrogens with one attached hydrogen (secondary N) is 1. The molecule has 5 nitrogen and oxygen atoms in total. The van der Waals surface area contributed by atoms with Gasteiger partial charge in [0.15, 0.2) is 0 Å². The fraction of sp³-hybridized carbons (Fsp3) is 0.263. The summed E-state index contributed by atoms with van der Waals surface area (Å²) in [6.07, 6.45) is -0.828. The van der Waals surface area contributed by atoms with E-state index in [1.807, 2.05) is 48.5 Å². The molecular formula is C19H20N2O3. The highest BCUT2D eigenvalue weighted by atomic mass is 16.3. The average molecular weight is 324 g/mol. The van der Waals surface area contributed by atoms with E-state index in [1.165, 1.54) is 0 Å². The number of nitrogens with zero attached hydrogens (tertiary/aromatic N) is 1. The number of hydrogen-bond acceptors (Lipinski definition) is 3. The molecule has 24 heavy (non-hydrogen) atoms. The van der Waals surface area contributed by atoms with Gasteiger partial charge in [-0.3, -0.25) is 9.59 Å². The summed E-state index contributed by atoms with van der Waals surface area (Å²) >= 11 is 0. The molecule has 2 unspecified atom stereocenters. The number of aliphatic hydroxyl groups is 1. The predicted octanol–water partition coefficient (Wildman–Crippen LogP) is 2.26. The minimum Gasteiger partial charge on any atom is -0.383 e. The van der Waals surface area contributed by atoms with Crippen molar-refractivity contribution in [3.8, 4) is 11.1 Å². The van der Waals surface area contributed by atoms with E-state index >= 15 is 0 Å². The number of para-hydroxylation sites is 1. The van der Waals surface area contributed by atoms with Crippen molar-refractivity contribution < 1.29 is 14.7 Å². The number of rotatable bonds is 3. The molecule has 0 aliphatic carbocycles. The van der Waals surface area contributed by atoms with Crippen LogP contribution in [-0.2, 0) is 9.59 Å². The lowest BCUT2D eigenvalue weighted by atomic mass is 9.95. The van der Waals surface area contributed by atoms with Crippen molar-refractivity contribution in [2.24, 2.45) is 0 Å². The predicted molar refractivity (Wildman–Crippen MR) is 92.5 cm³/mol. The first-order chi connectivity index (χ1) is 11.5. The van der Waals surface area contributed by atoms with Crippen LogP contribution in [0.2, 0.25) is 0 Å². The Morgan fingerprint density at radius 3 is 2.50 bits per heavy atom. The van der Waals surface area contributed by atoms with E-state index in [0.29, 0.717) is 6.42 Å². The van der Waals surface area contributed by atoms with Gasteiger partial charge in [-0.1, -0.05) is 49.4 Å². The molecule has 0 saturated carbocycles. The van der Waals surface area contributed by atoms with Crippen molar-refractivity contribution in [2.45, 2.75) is 25.5 Å². The van der Waals surface area contributed by atoms with Crippen LogP contribution >= 0.6 is 0 Å². The lowest BCUT2D eigenvalue weighted by molar-refractivity contribution is -0.133. The molecule has 2 amide bonds.